The SMILES string of the molecule is O/N=C1/CCCN(Cc2ccc(Br)cc2)c2ccccc21. The fourth-order valence-electron chi connectivity index (χ4n) is 2.76. The number of benzene rings is 2. The van der Waals surface area contributed by atoms with Crippen LogP contribution < -0.4 is 4.90 Å². The number of anilines is 1. The Hall–Kier alpha value is -1.81. The molecule has 0 saturated carbocycles. The first kappa shape index (κ1) is 14.1. The number of para-hydroxylation sites is 1. The molecule has 0 atom stereocenters. The van der Waals surface area contributed by atoms with Gasteiger partial charge >= 0.3 is 0 Å². The molecule has 0 unspecified atom stereocenters. The van der Waals surface area contributed by atoms with E-state index >= 15 is 0 Å². The molecule has 1 N–H and O–H groups in total. The highest BCUT2D eigenvalue weighted by atomic mass is 79.9. The van der Waals surface area contributed by atoms with E-state index in [2.05, 4.69) is 56.3 Å². The highest BCUT2D eigenvalue weighted by Crippen LogP contribution is 2.28. The molecule has 1 aliphatic heterocycles. The molecule has 0 fully saturated rings. The molecule has 0 spiro atoms. The zero-order valence-corrected chi connectivity index (χ0v) is 13.3. The Bertz CT molecular complexity index is 652. The van der Waals surface area contributed by atoms with E-state index in [-0.39, 0.29) is 0 Å². The molecule has 0 amide bonds. The van der Waals surface area contributed by atoms with Crippen LogP contribution >= 0.6 is 15.9 Å². The Morgan fingerprint density at radius 1 is 1.10 bits per heavy atom. The molecular formula is C17H17BrN2O. The van der Waals surface area contributed by atoms with Crippen molar-refractivity contribution in [3.05, 3.63) is 64.1 Å². The first-order valence-electron chi connectivity index (χ1n) is 7.07. The maximum absolute atomic E-state index is 9.23. The van der Waals surface area contributed by atoms with E-state index in [0.29, 0.717) is 0 Å². The summed E-state index contributed by atoms with van der Waals surface area (Å²) in [6, 6.07) is 16.6. The summed E-state index contributed by atoms with van der Waals surface area (Å²) < 4.78 is 1.09. The van der Waals surface area contributed by atoms with Crippen LogP contribution in [0.3, 0.4) is 0 Å². The Morgan fingerprint density at radius 3 is 2.62 bits per heavy atom. The molecule has 0 aromatic heterocycles. The van der Waals surface area contributed by atoms with Gasteiger partial charge in [0.1, 0.15) is 0 Å². The molecule has 21 heavy (non-hydrogen) atoms. The molecular weight excluding hydrogens is 328 g/mol. The van der Waals surface area contributed by atoms with Gasteiger partial charge in [-0.3, -0.25) is 0 Å². The topological polar surface area (TPSA) is 35.8 Å². The molecule has 0 aliphatic carbocycles. The van der Waals surface area contributed by atoms with Crippen molar-refractivity contribution < 1.29 is 5.21 Å². The standard InChI is InChI=1S/C17H17BrN2O/c18-14-9-7-13(8-10-14)12-20-11-3-5-16(19-21)15-4-1-2-6-17(15)20/h1-2,4,6-10,21H,3,5,11-12H2/b19-16-. The van der Waals surface area contributed by atoms with Crippen molar-refractivity contribution in [3.63, 3.8) is 0 Å². The second kappa shape index (κ2) is 6.31. The Kier molecular flexibility index (Phi) is 4.25. The minimum absolute atomic E-state index is 0.781. The zero-order chi connectivity index (χ0) is 14.7. The summed E-state index contributed by atoms with van der Waals surface area (Å²) in [4.78, 5) is 2.36. The third-order valence-electron chi connectivity index (χ3n) is 3.80. The first-order valence-corrected chi connectivity index (χ1v) is 7.87. The van der Waals surface area contributed by atoms with Crippen LogP contribution in [0.4, 0.5) is 5.69 Å². The van der Waals surface area contributed by atoms with Crippen LogP contribution in [0, 0.1) is 0 Å². The number of fused-ring (bicyclic) bond motifs is 1. The van der Waals surface area contributed by atoms with Gasteiger partial charge in [0.25, 0.3) is 0 Å². The summed E-state index contributed by atoms with van der Waals surface area (Å²) >= 11 is 3.47. The summed E-state index contributed by atoms with van der Waals surface area (Å²) in [7, 11) is 0. The van der Waals surface area contributed by atoms with Gasteiger partial charge in [0, 0.05) is 28.8 Å². The molecule has 3 rings (SSSR count). The molecule has 0 radical (unpaired) electrons. The highest BCUT2D eigenvalue weighted by molar-refractivity contribution is 9.10. The maximum atomic E-state index is 9.23. The molecule has 1 heterocycles. The van der Waals surface area contributed by atoms with Gasteiger partial charge in [0.15, 0.2) is 0 Å². The fraction of sp³-hybridized carbons (Fsp3) is 0.235. The molecule has 1 aliphatic rings. The van der Waals surface area contributed by atoms with Gasteiger partial charge in [-0.2, -0.15) is 0 Å². The lowest BCUT2D eigenvalue weighted by Gasteiger charge is -2.24. The number of halogens is 1. The minimum Gasteiger partial charge on any atom is -0.411 e. The summed E-state index contributed by atoms with van der Waals surface area (Å²) in [5.74, 6) is 0. The Labute approximate surface area is 133 Å². The van der Waals surface area contributed by atoms with E-state index in [1.807, 2.05) is 18.2 Å². The highest BCUT2D eigenvalue weighted by Gasteiger charge is 2.19. The average Bonchev–Trinajstić information content (AvgIpc) is 2.69. The molecule has 0 bridgehead atoms. The predicted molar refractivity (Wildman–Crippen MR) is 89.2 cm³/mol. The Morgan fingerprint density at radius 2 is 1.86 bits per heavy atom. The molecule has 108 valence electrons. The maximum Gasteiger partial charge on any atom is 0.0889 e. The van der Waals surface area contributed by atoms with Crippen LogP contribution in [0.15, 0.2) is 58.2 Å². The smallest absolute Gasteiger partial charge is 0.0889 e. The molecule has 2 aromatic rings. The lowest BCUT2D eigenvalue weighted by Crippen LogP contribution is -2.23. The van der Waals surface area contributed by atoms with Crippen LogP contribution in [0.5, 0.6) is 0 Å². The van der Waals surface area contributed by atoms with Gasteiger partial charge in [0.2, 0.25) is 0 Å². The van der Waals surface area contributed by atoms with Crippen LogP contribution in [-0.2, 0) is 6.54 Å². The second-order valence-corrected chi connectivity index (χ2v) is 6.13. The summed E-state index contributed by atoms with van der Waals surface area (Å²) in [5.41, 5.74) is 4.24. The number of rotatable bonds is 2. The van der Waals surface area contributed by atoms with Crippen molar-refractivity contribution in [3.8, 4) is 0 Å². The number of hydrogen-bond donors (Lipinski definition) is 1. The van der Waals surface area contributed by atoms with Gasteiger partial charge < -0.3 is 10.1 Å². The molecule has 0 saturated heterocycles. The largest absolute Gasteiger partial charge is 0.411 e. The van der Waals surface area contributed by atoms with Crippen molar-refractivity contribution in [2.45, 2.75) is 19.4 Å². The summed E-state index contributed by atoms with van der Waals surface area (Å²) in [6.45, 7) is 1.83. The molecule has 3 nitrogen and oxygen atoms in total. The fourth-order valence-corrected chi connectivity index (χ4v) is 3.03. The van der Waals surface area contributed by atoms with Gasteiger partial charge in [-0.1, -0.05) is 51.4 Å². The minimum atomic E-state index is 0.781. The molecule has 2 aromatic carbocycles. The third kappa shape index (κ3) is 3.10. The second-order valence-electron chi connectivity index (χ2n) is 5.22. The quantitative estimate of drug-likeness (QED) is 0.646. The first-order chi connectivity index (χ1) is 10.3. The van der Waals surface area contributed by atoms with Crippen molar-refractivity contribution >= 4 is 27.3 Å². The van der Waals surface area contributed by atoms with Gasteiger partial charge in [-0.05, 0) is 36.6 Å². The van der Waals surface area contributed by atoms with Crippen LogP contribution in [0.2, 0.25) is 0 Å². The van der Waals surface area contributed by atoms with Crippen LogP contribution in [0.25, 0.3) is 0 Å². The number of hydrogen-bond acceptors (Lipinski definition) is 3. The summed E-state index contributed by atoms with van der Waals surface area (Å²) in [6.07, 6.45) is 1.80. The lowest BCUT2D eigenvalue weighted by molar-refractivity contribution is 0.318. The molecule has 4 heteroatoms. The van der Waals surface area contributed by atoms with Crippen LogP contribution in [-0.4, -0.2) is 17.5 Å². The normalized spacial score (nSPS) is 16.6. The average molecular weight is 345 g/mol. The predicted octanol–water partition coefficient (Wildman–Crippen LogP) is 4.43. The van der Waals surface area contributed by atoms with Gasteiger partial charge in [0.05, 0.1) is 5.71 Å². The van der Waals surface area contributed by atoms with E-state index in [0.717, 1.165) is 47.4 Å². The number of oxime groups is 1. The van der Waals surface area contributed by atoms with Crippen LogP contribution in [0.1, 0.15) is 24.0 Å². The van der Waals surface area contributed by atoms with Crippen molar-refractivity contribution in [2.75, 3.05) is 11.4 Å². The van der Waals surface area contributed by atoms with Crippen molar-refractivity contribution in [1.82, 2.24) is 0 Å². The lowest BCUT2D eigenvalue weighted by atomic mass is 10.1. The zero-order valence-electron chi connectivity index (χ0n) is 11.7. The number of nitrogens with zero attached hydrogens (tertiary/aromatic N) is 2. The van der Waals surface area contributed by atoms with Gasteiger partial charge in [-0.25, -0.2) is 0 Å². The van der Waals surface area contributed by atoms with E-state index in [9.17, 15) is 5.21 Å². The van der Waals surface area contributed by atoms with Crippen molar-refractivity contribution in [2.24, 2.45) is 5.16 Å². The monoisotopic (exact) mass is 344 g/mol. The van der Waals surface area contributed by atoms with E-state index in [1.165, 1.54) is 5.56 Å². The van der Waals surface area contributed by atoms with E-state index < -0.39 is 0 Å². The van der Waals surface area contributed by atoms with Gasteiger partial charge in [-0.15, -0.1) is 0 Å². The summed E-state index contributed by atoms with van der Waals surface area (Å²) in [5, 5.41) is 12.7. The Balaban J connectivity index is 1.93. The van der Waals surface area contributed by atoms with Crippen molar-refractivity contribution in [1.29, 1.82) is 0 Å². The van der Waals surface area contributed by atoms with E-state index in [4.69, 9.17) is 0 Å². The third-order valence-corrected chi connectivity index (χ3v) is 4.33. The van der Waals surface area contributed by atoms with E-state index in [1.54, 1.807) is 0 Å².